The molecule has 8 nitrogen and oxygen atoms in total. The van der Waals surface area contributed by atoms with E-state index in [1.54, 1.807) is 21.5 Å². The second-order valence-corrected chi connectivity index (χ2v) is 10.2. The fraction of sp³-hybridized carbons (Fsp3) is 0.650. The summed E-state index contributed by atoms with van der Waals surface area (Å²) in [5, 5.41) is 4.68. The molecule has 4 rings (SSSR count). The minimum Gasteiger partial charge on any atom is -0.336 e. The third-order valence-electron chi connectivity index (χ3n) is 6.03. The summed E-state index contributed by atoms with van der Waals surface area (Å²) in [7, 11) is -1.85. The number of sulfonamides is 1. The van der Waals surface area contributed by atoms with E-state index in [4.69, 9.17) is 0 Å². The Bertz CT molecular complexity index is 1060. The second kappa shape index (κ2) is 7.68. The maximum atomic E-state index is 12.8. The minimum atomic E-state index is -3.66. The molecule has 2 aromatic rings. The van der Waals surface area contributed by atoms with Gasteiger partial charge in [0.05, 0.1) is 11.7 Å². The van der Waals surface area contributed by atoms with Crippen LogP contribution in [-0.2, 0) is 29.9 Å². The van der Waals surface area contributed by atoms with Crippen LogP contribution in [0.4, 0.5) is 0 Å². The first-order chi connectivity index (χ1) is 13.7. The van der Waals surface area contributed by atoms with Gasteiger partial charge in [0.25, 0.3) is 15.6 Å². The molecule has 0 radical (unpaired) electrons. The van der Waals surface area contributed by atoms with Gasteiger partial charge in [0, 0.05) is 31.3 Å². The smallest absolute Gasteiger partial charge is 0.267 e. The number of rotatable bonds is 5. The molecule has 2 heterocycles. The Morgan fingerprint density at radius 2 is 1.90 bits per heavy atom. The van der Waals surface area contributed by atoms with Crippen molar-refractivity contribution in [3.05, 3.63) is 39.7 Å². The predicted molar refractivity (Wildman–Crippen MR) is 109 cm³/mol. The first-order valence-electron chi connectivity index (χ1n) is 10.4. The number of fused-ring (bicyclic) bond motifs is 1. The van der Waals surface area contributed by atoms with E-state index in [0.29, 0.717) is 12.8 Å². The molecule has 0 aliphatic heterocycles. The third kappa shape index (κ3) is 4.02. The molecule has 2 aliphatic rings. The monoisotopic (exact) mass is 419 g/mol. The molecule has 0 bridgehead atoms. The lowest BCUT2D eigenvalue weighted by Crippen LogP contribution is -2.39. The van der Waals surface area contributed by atoms with E-state index in [9.17, 15) is 13.2 Å². The van der Waals surface area contributed by atoms with E-state index < -0.39 is 10.0 Å². The van der Waals surface area contributed by atoms with Gasteiger partial charge in [-0.1, -0.05) is 13.8 Å². The van der Waals surface area contributed by atoms with Crippen LogP contribution in [0.5, 0.6) is 0 Å². The summed E-state index contributed by atoms with van der Waals surface area (Å²) in [5.41, 5.74) is 2.09. The van der Waals surface area contributed by atoms with Crippen LogP contribution >= 0.6 is 0 Å². The molecule has 158 valence electrons. The van der Waals surface area contributed by atoms with Gasteiger partial charge in [-0.3, -0.25) is 4.79 Å². The number of aromatic nitrogens is 4. The minimum absolute atomic E-state index is 0.0376. The van der Waals surface area contributed by atoms with Gasteiger partial charge in [0.1, 0.15) is 5.82 Å². The van der Waals surface area contributed by atoms with Crippen LogP contribution in [0.15, 0.2) is 22.1 Å². The summed E-state index contributed by atoms with van der Waals surface area (Å²) < 4.78 is 31.7. The predicted octanol–water partition coefficient (Wildman–Crippen LogP) is 2.05. The Labute approximate surface area is 171 Å². The van der Waals surface area contributed by atoms with Gasteiger partial charge in [-0.15, -0.1) is 0 Å². The summed E-state index contributed by atoms with van der Waals surface area (Å²) in [6.45, 7) is 3.98. The van der Waals surface area contributed by atoms with Crippen LogP contribution in [-0.4, -0.2) is 33.8 Å². The summed E-state index contributed by atoms with van der Waals surface area (Å²) in [6, 6.07) is 1.62. The lowest BCUT2D eigenvalue weighted by atomic mass is 9.92. The van der Waals surface area contributed by atoms with Crippen LogP contribution < -0.4 is 10.3 Å². The van der Waals surface area contributed by atoms with Crippen LogP contribution in [0.2, 0.25) is 0 Å². The second-order valence-electron chi connectivity index (χ2n) is 8.58. The van der Waals surface area contributed by atoms with E-state index in [0.717, 1.165) is 49.2 Å². The van der Waals surface area contributed by atoms with E-state index in [2.05, 4.69) is 14.8 Å². The molecule has 1 fully saturated rings. The molecule has 9 heteroatoms. The normalized spacial score (nSPS) is 22.2. The molecule has 0 saturated heterocycles. The standard InChI is InChI=1S/C20H29N5O3S/c1-13(2)20-21-18(12-24(20)3)29(27,28)23-15-7-9-16(10-8-15)25-19(26)11-14-5-4-6-17(14)22-25/h11-13,15-16,23H,4-10H2,1-3H3. The Kier molecular flexibility index (Phi) is 5.37. The van der Waals surface area contributed by atoms with Crippen molar-refractivity contribution in [2.45, 2.75) is 81.8 Å². The molecule has 0 unspecified atom stereocenters. The quantitative estimate of drug-likeness (QED) is 0.800. The van der Waals surface area contributed by atoms with Gasteiger partial charge >= 0.3 is 0 Å². The fourth-order valence-electron chi connectivity index (χ4n) is 4.51. The van der Waals surface area contributed by atoms with Gasteiger partial charge in [-0.2, -0.15) is 5.10 Å². The van der Waals surface area contributed by atoms with Crippen molar-refractivity contribution in [2.75, 3.05) is 0 Å². The van der Waals surface area contributed by atoms with Gasteiger partial charge in [-0.25, -0.2) is 22.8 Å². The van der Waals surface area contributed by atoms with Crippen molar-refractivity contribution >= 4 is 10.0 Å². The molecular formula is C20H29N5O3S. The fourth-order valence-corrected chi connectivity index (χ4v) is 5.82. The van der Waals surface area contributed by atoms with Crippen molar-refractivity contribution in [3.63, 3.8) is 0 Å². The number of imidazole rings is 1. The Balaban J connectivity index is 1.42. The van der Waals surface area contributed by atoms with Crippen molar-refractivity contribution in [3.8, 4) is 0 Å². The first kappa shape index (κ1) is 20.3. The topological polar surface area (TPSA) is 98.9 Å². The molecule has 0 atom stereocenters. The number of hydrogen-bond acceptors (Lipinski definition) is 5. The van der Waals surface area contributed by atoms with Crippen molar-refractivity contribution in [1.29, 1.82) is 0 Å². The largest absolute Gasteiger partial charge is 0.336 e. The van der Waals surface area contributed by atoms with Crippen molar-refractivity contribution in [1.82, 2.24) is 24.1 Å². The number of nitrogens with one attached hydrogen (secondary N) is 1. The number of hydrogen-bond donors (Lipinski definition) is 1. The summed E-state index contributed by atoms with van der Waals surface area (Å²) in [4.78, 5) is 16.8. The van der Waals surface area contributed by atoms with E-state index >= 15 is 0 Å². The third-order valence-corrected chi connectivity index (χ3v) is 7.42. The summed E-state index contributed by atoms with van der Waals surface area (Å²) in [6.07, 6.45) is 7.34. The molecule has 1 saturated carbocycles. The SMILES string of the molecule is CC(C)c1nc(S(=O)(=O)NC2CCC(n3nc4c(cc3=O)CCC4)CC2)cn1C. The van der Waals surface area contributed by atoms with E-state index in [1.807, 2.05) is 20.9 Å². The maximum absolute atomic E-state index is 12.8. The Hall–Kier alpha value is -2.00. The van der Waals surface area contributed by atoms with E-state index in [1.165, 1.54) is 0 Å². The number of nitrogens with zero attached hydrogens (tertiary/aromatic N) is 4. The van der Waals surface area contributed by atoms with Gasteiger partial charge < -0.3 is 4.57 Å². The van der Waals surface area contributed by atoms with Crippen LogP contribution in [0.25, 0.3) is 0 Å². The molecule has 0 aromatic carbocycles. The van der Waals surface area contributed by atoms with Gasteiger partial charge in [-0.05, 0) is 50.5 Å². The zero-order valence-electron chi connectivity index (χ0n) is 17.3. The lowest BCUT2D eigenvalue weighted by Gasteiger charge is -2.29. The highest BCUT2D eigenvalue weighted by molar-refractivity contribution is 7.89. The van der Waals surface area contributed by atoms with Gasteiger partial charge in [0.2, 0.25) is 0 Å². The van der Waals surface area contributed by atoms with Crippen molar-refractivity contribution < 1.29 is 8.42 Å². The highest BCUT2D eigenvalue weighted by atomic mass is 32.2. The number of aryl methyl sites for hydroxylation is 3. The van der Waals surface area contributed by atoms with Gasteiger partial charge in [0.15, 0.2) is 5.03 Å². The van der Waals surface area contributed by atoms with Crippen molar-refractivity contribution in [2.24, 2.45) is 7.05 Å². The highest BCUT2D eigenvalue weighted by Crippen LogP contribution is 2.29. The Morgan fingerprint density at radius 3 is 2.55 bits per heavy atom. The molecule has 2 aliphatic carbocycles. The van der Waals surface area contributed by atoms with Crippen LogP contribution in [0.1, 0.15) is 75.0 Å². The summed E-state index contributed by atoms with van der Waals surface area (Å²) >= 11 is 0. The molecule has 0 amide bonds. The molecule has 1 N–H and O–H groups in total. The first-order valence-corrected chi connectivity index (χ1v) is 11.9. The molecule has 2 aromatic heterocycles. The lowest BCUT2D eigenvalue weighted by molar-refractivity contribution is 0.284. The van der Waals surface area contributed by atoms with Crippen LogP contribution in [0, 0.1) is 0 Å². The zero-order chi connectivity index (χ0) is 20.8. The maximum Gasteiger partial charge on any atom is 0.267 e. The Morgan fingerprint density at radius 1 is 1.17 bits per heavy atom. The van der Waals surface area contributed by atoms with E-state index in [-0.39, 0.29) is 28.6 Å². The average molecular weight is 420 g/mol. The zero-order valence-corrected chi connectivity index (χ0v) is 18.1. The highest BCUT2D eigenvalue weighted by Gasteiger charge is 2.29. The average Bonchev–Trinajstić information content (AvgIpc) is 3.28. The van der Waals surface area contributed by atoms with Crippen LogP contribution in [0.3, 0.4) is 0 Å². The molecular weight excluding hydrogens is 390 g/mol. The molecule has 29 heavy (non-hydrogen) atoms. The molecule has 0 spiro atoms. The summed E-state index contributed by atoms with van der Waals surface area (Å²) in [5.74, 6) is 0.897.